The predicted octanol–water partition coefficient (Wildman–Crippen LogP) is -0.229. The first-order valence-electron chi connectivity index (χ1n) is 4.62. The van der Waals surface area contributed by atoms with E-state index in [1.165, 1.54) is 4.90 Å². The zero-order chi connectivity index (χ0) is 10.0. The molecule has 0 aliphatic carbocycles. The molecule has 4 heteroatoms. The van der Waals surface area contributed by atoms with Gasteiger partial charge in [-0.05, 0) is 5.92 Å². The smallest absolute Gasteiger partial charge is 0.240 e. The van der Waals surface area contributed by atoms with E-state index in [4.69, 9.17) is 5.73 Å². The van der Waals surface area contributed by atoms with Crippen molar-refractivity contribution in [2.75, 3.05) is 13.1 Å². The molecule has 0 saturated carbocycles. The molecule has 0 aromatic rings. The second kappa shape index (κ2) is 3.87. The molecule has 1 heterocycles. The number of nitrogens with two attached hydrogens (primary N) is 1. The van der Waals surface area contributed by atoms with Gasteiger partial charge in [0.15, 0.2) is 5.78 Å². The summed E-state index contributed by atoms with van der Waals surface area (Å²) in [5, 5.41) is 0. The highest BCUT2D eigenvalue weighted by molar-refractivity contribution is 5.97. The van der Waals surface area contributed by atoms with Gasteiger partial charge >= 0.3 is 0 Å². The molecule has 0 bridgehead atoms. The number of hydrogen-bond acceptors (Lipinski definition) is 3. The van der Waals surface area contributed by atoms with E-state index < -0.39 is 6.04 Å². The molecule has 1 fully saturated rings. The SMILES string of the molecule is CCC(C)[C@H](N)C(=O)N1CC(=O)C1. The highest BCUT2D eigenvalue weighted by Gasteiger charge is 2.32. The van der Waals surface area contributed by atoms with Crippen LogP contribution in [-0.2, 0) is 9.59 Å². The van der Waals surface area contributed by atoms with E-state index in [1.807, 2.05) is 13.8 Å². The first kappa shape index (κ1) is 10.2. The number of Topliss-reactive ketones (excluding diaryl/α,β-unsaturated/α-hetero) is 1. The van der Waals surface area contributed by atoms with E-state index in [1.54, 1.807) is 0 Å². The Kier molecular flexibility index (Phi) is 3.03. The Morgan fingerprint density at radius 1 is 1.62 bits per heavy atom. The van der Waals surface area contributed by atoms with Crippen molar-refractivity contribution < 1.29 is 9.59 Å². The lowest BCUT2D eigenvalue weighted by molar-refractivity contribution is -0.146. The summed E-state index contributed by atoms with van der Waals surface area (Å²) in [6, 6.07) is -0.446. The van der Waals surface area contributed by atoms with E-state index in [0.717, 1.165) is 6.42 Å². The fourth-order valence-corrected chi connectivity index (χ4v) is 1.24. The summed E-state index contributed by atoms with van der Waals surface area (Å²) in [6.45, 7) is 4.45. The Balaban J connectivity index is 2.43. The van der Waals surface area contributed by atoms with Crippen LogP contribution in [0.3, 0.4) is 0 Å². The average molecular weight is 184 g/mol. The third-order valence-corrected chi connectivity index (χ3v) is 2.59. The summed E-state index contributed by atoms with van der Waals surface area (Å²) < 4.78 is 0. The van der Waals surface area contributed by atoms with Crippen molar-refractivity contribution in [2.45, 2.75) is 26.3 Å². The number of carbonyl (C=O) groups excluding carboxylic acids is 2. The van der Waals surface area contributed by atoms with Crippen molar-refractivity contribution in [2.24, 2.45) is 11.7 Å². The lowest BCUT2D eigenvalue weighted by Crippen LogP contribution is -2.57. The van der Waals surface area contributed by atoms with Crippen molar-refractivity contribution in [1.29, 1.82) is 0 Å². The molecular formula is C9H16N2O2. The van der Waals surface area contributed by atoms with Crippen LogP contribution in [0.5, 0.6) is 0 Å². The van der Waals surface area contributed by atoms with Gasteiger partial charge in [0.2, 0.25) is 5.91 Å². The minimum Gasteiger partial charge on any atom is -0.327 e. The highest BCUT2D eigenvalue weighted by atomic mass is 16.2. The van der Waals surface area contributed by atoms with Crippen molar-refractivity contribution in [3.05, 3.63) is 0 Å². The van der Waals surface area contributed by atoms with E-state index in [0.29, 0.717) is 0 Å². The van der Waals surface area contributed by atoms with Gasteiger partial charge in [-0.2, -0.15) is 0 Å². The number of rotatable bonds is 3. The van der Waals surface area contributed by atoms with Crippen LogP contribution in [0.1, 0.15) is 20.3 Å². The molecule has 2 atom stereocenters. The lowest BCUT2D eigenvalue weighted by atomic mass is 9.97. The van der Waals surface area contributed by atoms with Crippen LogP contribution < -0.4 is 5.73 Å². The van der Waals surface area contributed by atoms with Gasteiger partial charge in [0.05, 0.1) is 19.1 Å². The van der Waals surface area contributed by atoms with E-state index in [9.17, 15) is 9.59 Å². The first-order valence-corrected chi connectivity index (χ1v) is 4.62. The fourth-order valence-electron chi connectivity index (χ4n) is 1.24. The fraction of sp³-hybridized carbons (Fsp3) is 0.778. The molecule has 0 aromatic carbocycles. The van der Waals surface area contributed by atoms with Gasteiger partial charge in [0.1, 0.15) is 0 Å². The Labute approximate surface area is 78.1 Å². The monoisotopic (exact) mass is 184 g/mol. The van der Waals surface area contributed by atoms with Gasteiger partial charge in [-0.1, -0.05) is 20.3 Å². The van der Waals surface area contributed by atoms with Crippen LogP contribution in [0.2, 0.25) is 0 Å². The Hall–Kier alpha value is -0.900. The van der Waals surface area contributed by atoms with Gasteiger partial charge in [-0.15, -0.1) is 0 Å². The Bertz CT molecular complexity index is 220. The van der Waals surface area contributed by atoms with Crippen LogP contribution in [-0.4, -0.2) is 35.7 Å². The van der Waals surface area contributed by atoms with Crippen molar-refractivity contribution in [3.63, 3.8) is 0 Å². The van der Waals surface area contributed by atoms with Crippen LogP contribution >= 0.6 is 0 Å². The zero-order valence-electron chi connectivity index (χ0n) is 8.12. The summed E-state index contributed by atoms with van der Waals surface area (Å²) in [5.74, 6) is 0.210. The average Bonchev–Trinajstić information content (AvgIpc) is 2.09. The largest absolute Gasteiger partial charge is 0.327 e. The number of amides is 1. The molecule has 4 nitrogen and oxygen atoms in total. The third-order valence-electron chi connectivity index (χ3n) is 2.59. The maximum absolute atomic E-state index is 11.5. The molecule has 1 aliphatic rings. The quantitative estimate of drug-likeness (QED) is 0.659. The Morgan fingerprint density at radius 3 is 2.54 bits per heavy atom. The molecule has 2 N–H and O–H groups in total. The second-order valence-corrected chi connectivity index (χ2v) is 3.64. The Morgan fingerprint density at radius 2 is 2.15 bits per heavy atom. The molecule has 0 radical (unpaired) electrons. The minimum atomic E-state index is -0.446. The molecular weight excluding hydrogens is 168 g/mol. The first-order chi connectivity index (χ1) is 6.06. The van der Waals surface area contributed by atoms with E-state index >= 15 is 0 Å². The summed E-state index contributed by atoms with van der Waals surface area (Å²) >= 11 is 0. The van der Waals surface area contributed by atoms with Gasteiger partial charge in [-0.25, -0.2) is 0 Å². The van der Waals surface area contributed by atoms with Crippen LogP contribution in [0.15, 0.2) is 0 Å². The maximum Gasteiger partial charge on any atom is 0.240 e. The third kappa shape index (κ3) is 2.06. The molecule has 1 amide bonds. The number of likely N-dealkylation sites (tertiary alicyclic amines) is 1. The summed E-state index contributed by atoms with van der Waals surface area (Å²) in [6.07, 6.45) is 0.884. The molecule has 13 heavy (non-hydrogen) atoms. The number of carbonyl (C=O) groups is 2. The zero-order valence-corrected chi connectivity index (χ0v) is 8.12. The van der Waals surface area contributed by atoms with E-state index in [-0.39, 0.29) is 30.7 Å². The van der Waals surface area contributed by atoms with Crippen molar-refractivity contribution in [1.82, 2.24) is 4.90 Å². The molecule has 0 spiro atoms. The summed E-state index contributed by atoms with van der Waals surface area (Å²) in [5.41, 5.74) is 5.72. The normalized spacial score (nSPS) is 20.8. The molecule has 0 aromatic heterocycles. The standard InChI is InChI=1S/C9H16N2O2/c1-3-6(2)8(10)9(13)11-4-7(12)5-11/h6,8H,3-5,10H2,1-2H3/t6?,8-/m0/s1. The van der Waals surface area contributed by atoms with Crippen molar-refractivity contribution >= 4 is 11.7 Å². The summed E-state index contributed by atoms with van der Waals surface area (Å²) in [4.78, 5) is 23.7. The second-order valence-electron chi connectivity index (χ2n) is 3.64. The highest BCUT2D eigenvalue weighted by Crippen LogP contribution is 2.11. The molecule has 1 aliphatic heterocycles. The van der Waals surface area contributed by atoms with Crippen LogP contribution in [0.25, 0.3) is 0 Å². The number of ketones is 1. The van der Waals surface area contributed by atoms with Crippen LogP contribution in [0, 0.1) is 5.92 Å². The van der Waals surface area contributed by atoms with Gasteiger partial charge < -0.3 is 10.6 Å². The number of nitrogens with zero attached hydrogens (tertiary/aromatic N) is 1. The van der Waals surface area contributed by atoms with Crippen molar-refractivity contribution in [3.8, 4) is 0 Å². The minimum absolute atomic E-state index is 0.0889. The lowest BCUT2D eigenvalue weighted by Gasteiger charge is -2.33. The number of hydrogen-bond donors (Lipinski definition) is 1. The molecule has 1 saturated heterocycles. The summed E-state index contributed by atoms with van der Waals surface area (Å²) in [7, 11) is 0. The predicted molar refractivity (Wildman–Crippen MR) is 49.0 cm³/mol. The topological polar surface area (TPSA) is 63.4 Å². The molecule has 74 valence electrons. The van der Waals surface area contributed by atoms with Gasteiger partial charge in [0.25, 0.3) is 0 Å². The molecule has 1 unspecified atom stereocenters. The van der Waals surface area contributed by atoms with E-state index in [2.05, 4.69) is 0 Å². The maximum atomic E-state index is 11.5. The molecule has 1 rings (SSSR count). The van der Waals surface area contributed by atoms with Gasteiger partial charge in [-0.3, -0.25) is 9.59 Å². The van der Waals surface area contributed by atoms with Gasteiger partial charge in [0, 0.05) is 0 Å². The van der Waals surface area contributed by atoms with Crippen LogP contribution in [0.4, 0.5) is 0 Å².